The molecule has 1 aliphatic heterocycles. The summed E-state index contributed by atoms with van der Waals surface area (Å²) < 4.78 is 0. The van der Waals surface area contributed by atoms with Crippen molar-refractivity contribution in [3.05, 3.63) is 22.2 Å². The third-order valence-electron chi connectivity index (χ3n) is 2.47. The van der Waals surface area contributed by atoms with Crippen LogP contribution in [0.3, 0.4) is 0 Å². The highest BCUT2D eigenvalue weighted by Crippen LogP contribution is 2.28. The summed E-state index contributed by atoms with van der Waals surface area (Å²) in [6.45, 7) is 5.13. The van der Waals surface area contributed by atoms with Crippen molar-refractivity contribution in [3.63, 3.8) is 0 Å². The normalized spacial score (nSPS) is 16.7. The monoisotopic (exact) mass is 285 g/mol. The van der Waals surface area contributed by atoms with E-state index in [-0.39, 0.29) is 17.4 Å². The molecule has 1 atom stereocenters. The van der Waals surface area contributed by atoms with Crippen LogP contribution in [0.25, 0.3) is 0 Å². The smallest absolute Gasteiger partial charge is 0.353 e. The standard InChI is InChI=1S/C12H15NO3S2/c1-7(4-9(3)14)11(17)13-8(2)5-18-6-10(13)12(15)16/h5-7H,4H2,1-3H3,(H,15,16). The number of allylic oxidation sites excluding steroid dienone is 1. The van der Waals surface area contributed by atoms with Gasteiger partial charge in [-0.1, -0.05) is 19.1 Å². The van der Waals surface area contributed by atoms with Gasteiger partial charge in [-0.2, -0.15) is 0 Å². The molecule has 0 aromatic carbocycles. The van der Waals surface area contributed by atoms with Gasteiger partial charge in [-0.05, 0) is 19.3 Å². The number of carbonyl (C=O) groups is 2. The second-order valence-corrected chi connectivity index (χ2v) is 5.35. The molecule has 6 heteroatoms. The summed E-state index contributed by atoms with van der Waals surface area (Å²) in [4.78, 5) is 24.3. The topological polar surface area (TPSA) is 57.6 Å². The predicted molar refractivity (Wildman–Crippen MR) is 76.0 cm³/mol. The van der Waals surface area contributed by atoms with Crippen molar-refractivity contribution in [2.24, 2.45) is 5.92 Å². The van der Waals surface area contributed by atoms with Crippen LogP contribution in [0.2, 0.25) is 0 Å². The molecule has 1 rings (SSSR count). The molecule has 4 nitrogen and oxygen atoms in total. The number of rotatable bonds is 4. The average Bonchev–Trinajstić information content (AvgIpc) is 2.26. The molecular formula is C12H15NO3S2. The van der Waals surface area contributed by atoms with Crippen LogP contribution in [-0.2, 0) is 9.59 Å². The Bertz CT molecular complexity index is 454. The lowest BCUT2D eigenvalue weighted by Crippen LogP contribution is -2.36. The Labute approximate surface area is 116 Å². The van der Waals surface area contributed by atoms with E-state index in [0.29, 0.717) is 11.4 Å². The average molecular weight is 285 g/mol. The second-order valence-electron chi connectivity index (χ2n) is 4.18. The van der Waals surface area contributed by atoms with Gasteiger partial charge < -0.3 is 14.8 Å². The summed E-state index contributed by atoms with van der Waals surface area (Å²) in [6, 6.07) is 0. The SMILES string of the molecule is CC(=O)CC(C)C(=S)N1C(C)=CSC=C1C(=O)O. The van der Waals surface area contributed by atoms with Crippen LogP contribution in [0.15, 0.2) is 22.2 Å². The molecule has 0 saturated heterocycles. The second kappa shape index (κ2) is 6.15. The van der Waals surface area contributed by atoms with Crippen molar-refractivity contribution in [2.75, 3.05) is 0 Å². The quantitative estimate of drug-likeness (QED) is 0.802. The Morgan fingerprint density at radius 3 is 2.61 bits per heavy atom. The molecule has 0 aromatic heterocycles. The summed E-state index contributed by atoms with van der Waals surface area (Å²) in [5, 5.41) is 12.5. The van der Waals surface area contributed by atoms with E-state index in [1.54, 1.807) is 12.3 Å². The Morgan fingerprint density at radius 2 is 2.11 bits per heavy atom. The molecule has 0 fully saturated rings. The Kier molecular flexibility index (Phi) is 5.10. The number of thioether (sulfide) groups is 1. The van der Waals surface area contributed by atoms with Gasteiger partial charge in [-0.15, -0.1) is 11.8 Å². The number of carboxylic acids is 1. The van der Waals surface area contributed by atoms with Gasteiger partial charge >= 0.3 is 5.97 Å². The number of hydrogen-bond acceptors (Lipinski definition) is 4. The van der Waals surface area contributed by atoms with E-state index in [1.165, 1.54) is 23.6 Å². The number of ketones is 1. The van der Waals surface area contributed by atoms with Gasteiger partial charge in [0.1, 0.15) is 11.5 Å². The molecule has 0 saturated carbocycles. The highest BCUT2D eigenvalue weighted by molar-refractivity contribution is 8.05. The summed E-state index contributed by atoms with van der Waals surface area (Å²) in [5.74, 6) is -1.14. The van der Waals surface area contributed by atoms with Crippen LogP contribution >= 0.6 is 24.0 Å². The molecule has 0 spiro atoms. The molecule has 1 unspecified atom stereocenters. The number of thiocarbonyl (C=S) groups is 1. The molecule has 0 radical (unpaired) electrons. The van der Waals surface area contributed by atoms with E-state index in [1.807, 2.05) is 12.3 Å². The summed E-state index contributed by atoms with van der Waals surface area (Å²) in [6.07, 6.45) is 0.322. The molecule has 18 heavy (non-hydrogen) atoms. The lowest BCUT2D eigenvalue weighted by atomic mass is 10.0. The minimum absolute atomic E-state index is 0.0405. The van der Waals surface area contributed by atoms with Gasteiger partial charge in [0.15, 0.2) is 0 Å². The first-order chi connectivity index (χ1) is 8.34. The first kappa shape index (κ1) is 14.9. The van der Waals surface area contributed by atoms with E-state index in [2.05, 4.69) is 0 Å². The van der Waals surface area contributed by atoms with Crippen molar-refractivity contribution in [3.8, 4) is 0 Å². The number of nitrogens with zero attached hydrogens (tertiary/aromatic N) is 1. The zero-order valence-corrected chi connectivity index (χ0v) is 12.1. The van der Waals surface area contributed by atoms with Crippen molar-refractivity contribution in [2.45, 2.75) is 27.2 Å². The minimum Gasteiger partial charge on any atom is -0.477 e. The molecule has 98 valence electrons. The Balaban J connectivity index is 2.96. The maximum absolute atomic E-state index is 11.2. The van der Waals surface area contributed by atoms with Crippen LogP contribution in [0.1, 0.15) is 27.2 Å². The summed E-state index contributed by atoms with van der Waals surface area (Å²) in [5.41, 5.74) is 0.903. The van der Waals surface area contributed by atoms with E-state index < -0.39 is 5.97 Å². The van der Waals surface area contributed by atoms with E-state index >= 15 is 0 Å². The number of carboxylic acid groups (broad SMARTS) is 1. The predicted octanol–water partition coefficient (Wildman–Crippen LogP) is 2.77. The number of carbonyl (C=O) groups excluding carboxylic acids is 1. The fourth-order valence-electron chi connectivity index (χ4n) is 1.67. The fraction of sp³-hybridized carbons (Fsp3) is 0.417. The number of hydrogen-bond donors (Lipinski definition) is 1. The molecule has 0 aliphatic carbocycles. The van der Waals surface area contributed by atoms with Gasteiger partial charge in [-0.3, -0.25) is 0 Å². The van der Waals surface area contributed by atoms with E-state index in [4.69, 9.17) is 17.3 Å². The molecule has 0 amide bonds. The van der Waals surface area contributed by atoms with Crippen LogP contribution < -0.4 is 0 Å². The van der Waals surface area contributed by atoms with E-state index in [9.17, 15) is 9.59 Å². The fourth-order valence-corrected chi connectivity index (χ4v) is 2.70. The van der Waals surface area contributed by atoms with Gasteiger partial charge in [0, 0.05) is 23.4 Å². The van der Waals surface area contributed by atoms with Crippen LogP contribution in [0, 0.1) is 5.92 Å². The van der Waals surface area contributed by atoms with Crippen molar-refractivity contribution in [1.82, 2.24) is 4.90 Å². The molecule has 1 heterocycles. The van der Waals surface area contributed by atoms with Crippen LogP contribution in [-0.4, -0.2) is 26.7 Å². The maximum atomic E-state index is 11.2. The number of Topliss-reactive ketones (excluding diaryl/α,β-unsaturated/α-hetero) is 1. The highest BCUT2D eigenvalue weighted by Gasteiger charge is 2.27. The minimum atomic E-state index is -1.02. The first-order valence-electron chi connectivity index (χ1n) is 5.43. The zero-order valence-electron chi connectivity index (χ0n) is 10.5. The molecule has 0 bridgehead atoms. The lowest BCUT2D eigenvalue weighted by molar-refractivity contribution is -0.133. The summed E-state index contributed by atoms with van der Waals surface area (Å²) in [7, 11) is 0. The zero-order chi connectivity index (χ0) is 13.9. The molecule has 1 N–H and O–H groups in total. The van der Waals surface area contributed by atoms with Gasteiger partial charge in [0.05, 0.1) is 4.99 Å². The van der Waals surface area contributed by atoms with Gasteiger partial charge in [0.2, 0.25) is 0 Å². The summed E-state index contributed by atoms with van der Waals surface area (Å²) >= 11 is 6.62. The maximum Gasteiger partial charge on any atom is 0.353 e. The highest BCUT2D eigenvalue weighted by atomic mass is 32.2. The molecular weight excluding hydrogens is 270 g/mol. The lowest BCUT2D eigenvalue weighted by Gasteiger charge is -2.30. The third kappa shape index (κ3) is 3.43. The Morgan fingerprint density at radius 1 is 1.50 bits per heavy atom. The molecule has 1 aliphatic rings. The van der Waals surface area contributed by atoms with Crippen LogP contribution in [0.4, 0.5) is 0 Å². The number of aliphatic carboxylic acids is 1. The van der Waals surface area contributed by atoms with Crippen LogP contribution in [0.5, 0.6) is 0 Å². The third-order valence-corrected chi connectivity index (χ3v) is 3.89. The van der Waals surface area contributed by atoms with Crippen molar-refractivity contribution < 1.29 is 14.7 Å². The largest absolute Gasteiger partial charge is 0.477 e. The van der Waals surface area contributed by atoms with E-state index in [0.717, 1.165) is 5.70 Å². The Hall–Kier alpha value is -1.14. The molecule has 0 aromatic rings. The van der Waals surface area contributed by atoms with Gasteiger partial charge in [-0.25, -0.2) is 4.79 Å². The van der Waals surface area contributed by atoms with Crippen molar-refractivity contribution >= 4 is 40.7 Å². The van der Waals surface area contributed by atoms with Crippen molar-refractivity contribution in [1.29, 1.82) is 0 Å². The first-order valence-corrected chi connectivity index (χ1v) is 6.78. The van der Waals surface area contributed by atoms with Gasteiger partial charge in [0.25, 0.3) is 0 Å².